The minimum Gasteiger partial charge on any atom is -0.391 e. The van der Waals surface area contributed by atoms with Crippen LogP contribution in [-0.2, 0) is 13.1 Å². The number of nitrogens with two attached hydrogens (primary N) is 1. The predicted molar refractivity (Wildman–Crippen MR) is 85.7 cm³/mol. The number of fused-ring (bicyclic) bond motifs is 1. The highest BCUT2D eigenvalue weighted by atomic mass is 16.3. The molecular weight excluding hydrogens is 294 g/mol. The van der Waals surface area contributed by atoms with E-state index in [1.807, 2.05) is 35.1 Å². The average molecular weight is 313 g/mol. The molecule has 120 valence electrons. The van der Waals surface area contributed by atoms with Crippen molar-refractivity contribution in [3.05, 3.63) is 48.7 Å². The second-order valence-electron chi connectivity index (χ2n) is 5.54. The van der Waals surface area contributed by atoms with Gasteiger partial charge in [-0.25, -0.2) is 4.98 Å². The first-order valence-electron chi connectivity index (χ1n) is 7.53. The lowest BCUT2D eigenvalue weighted by atomic mass is 10.2. The van der Waals surface area contributed by atoms with Crippen molar-refractivity contribution in [1.82, 2.24) is 19.3 Å². The minimum absolute atomic E-state index is 0.209. The lowest BCUT2D eigenvalue weighted by Gasteiger charge is -2.11. The number of carbonyl (C=O) groups excluding carboxylic acids is 1. The predicted octanol–water partition coefficient (Wildman–Crippen LogP) is 1.17. The van der Waals surface area contributed by atoms with Gasteiger partial charge in [-0.2, -0.15) is 5.10 Å². The third-order valence-corrected chi connectivity index (χ3v) is 3.77. The maximum Gasteiger partial charge on any atom is 0.268 e. The Morgan fingerprint density at radius 2 is 2.17 bits per heavy atom. The van der Waals surface area contributed by atoms with E-state index in [-0.39, 0.29) is 5.69 Å². The molecule has 0 spiro atoms. The van der Waals surface area contributed by atoms with Crippen LogP contribution >= 0.6 is 0 Å². The summed E-state index contributed by atoms with van der Waals surface area (Å²) in [7, 11) is 0. The summed E-state index contributed by atoms with van der Waals surface area (Å²) in [4.78, 5) is 14.9. The number of hydrogen-bond donors (Lipinski definition) is 2. The normalized spacial score (nSPS) is 12.6. The van der Waals surface area contributed by atoms with Gasteiger partial charge >= 0.3 is 0 Å². The zero-order chi connectivity index (χ0) is 16.2. The molecule has 1 amide bonds. The Hall–Kier alpha value is -2.67. The lowest BCUT2D eigenvalue weighted by Crippen LogP contribution is -2.16. The van der Waals surface area contributed by atoms with Crippen molar-refractivity contribution in [3.63, 3.8) is 0 Å². The maximum atomic E-state index is 11.0. The van der Waals surface area contributed by atoms with Crippen LogP contribution in [0.3, 0.4) is 0 Å². The summed E-state index contributed by atoms with van der Waals surface area (Å²) in [5, 5.41) is 15.6. The van der Waals surface area contributed by atoms with E-state index in [1.165, 1.54) is 6.33 Å². The monoisotopic (exact) mass is 313 g/mol. The fraction of sp³-hybridized carbons (Fsp3) is 0.312. The van der Waals surface area contributed by atoms with Gasteiger partial charge in [-0.1, -0.05) is 18.2 Å². The summed E-state index contributed by atoms with van der Waals surface area (Å²) >= 11 is 0. The number of aliphatic hydroxyl groups excluding tert-OH is 1. The van der Waals surface area contributed by atoms with Crippen molar-refractivity contribution < 1.29 is 9.90 Å². The van der Waals surface area contributed by atoms with Crippen LogP contribution < -0.4 is 5.73 Å². The van der Waals surface area contributed by atoms with E-state index in [9.17, 15) is 9.90 Å². The average Bonchev–Trinajstić information content (AvgIpc) is 3.15. The van der Waals surface area contributed by atoms with Gasteiger partial charge in [-0.05, 0) is 18.9 Å². The Morgan fingerprint density at radius 1 is 1.35 bits per heavy atom. The molecule has 0 saturated carbocycles. The zero-order valence-corrected chi connectivity index (χ0v) is 12.7. The van der Waals surface area contributed by atoms with Crippen LogP contribution in [0.15, 0.2) is 43.0 Å². The van der Waals surface area contributed by atoms with Crippen molar-refractivity contribution >= 4 is 16.8 Å². The number of aryl methyl sites for hydroxylation is 1. The summed E-state index contributed by atoms with van der Waals surface area (Å²) in [6.45, 7) is 1.14. The number of primary amides is 1. The summed E-state index contributed by atoms with van der Waals surface area (Å²) in [5.41, 5.74) is 6.46. The summed E-state index contributed by atoms with van der Waals surface area (Å²) in [6.07, 6.45) is 5.84. The molecule has 0 unspecified atom stereocenters. The molecule has 1 atom stereocenters. The molecular formula is C16H19N5O2. The lowest BCUT2D eigenvalue weighted by molar-refractivity contribution is 0.0995. The second-order valence-corrected chi connectivity index (χ2v) is 5.54. The van der Waals surface area contributed by atoms with Crippen molar-refractivity contribution in [2.45, 2.75) is 32.0 Å². The van der Waals surface area contributed by atoms with Gasteiger partial charge in [0.25, 0.3) is 5.91 Å². The van der Waals surface area contributed by atoms with Crippen molar-refractivity contribution in [2.75, 3.05) is 0 Å². The van der Waals surface area contributed by atoms with E-state index in [0.29, 0.717) is 13.0 Å². The zero-order valence-electron chi connectivity index (χ0n) is 12.7. The van der Waals surface area contributed by atoms with Gasteiger partial charge in [-0.3, -0.25) is 9.48 Å². The summed E-state index contributed by atoms with van der Waals surface area (Å²) < 4.78 is 3.62. The van der Waals surface area contributed by atoms with Crippen LogP contribution in [-0.4, -0.2) is 36.4 Å². The SMILES string of the molecule is NC(=O)c1cn(C[C@@H](O)CCCn2ncc3ccccc32)cn1. The molecule has 0 saturated heterocycles. The highest BCUT2D eigenvalue weighted by molar-refractivity contribution is 5.90. The number of hydrogen-bond acceptors (Lipinski definition) is 4. The first kappa shape index (κ1) is 15.2. The van der Waals surface area contributed by atoms with E-state index in [0.717, 1.165) is 23.9 Å². The van der Waals surface area contributed by atoms with Gasteiger partial charge in [0, 0.05) is 24.7 Å². The highest BCUT2D eigenvalue weighted by Crippen LogP contribution is 2.13. The molecule has 1 aromatic carbocycles. The second kappa shape index (κ2) is 6.62. The van der Waals surface area contributed by atoms with E-state index in [1.54, 1.807) is 10.8 Å². The van der Waals surface area contributed by atoms with Crippen LogP contribution in [0.2, 0.25) is 0 Å². The highest BCUT2D eigenvalue weighted by Gasteiger charge is 2.09. The van der Waals surface area contributed by atoms with Gasteiger partial charge in [0.05, 0.1) is 24.1 Å². The van der Waals surface area contributed by atoms with Gasteiger partial charge in [0.15, 0.2) is 0 Å². The third kappa shape index (κ3) is 3.57. The Labute approximate surface area is 133 Å². The van der Waals surface area contributed by atoms with E-state index < -0.39 is 12.0 Å². The fourth-order valence-corrected chi connectivity index (χ4v) is 2.60. The minimum atomic E-state index is -0.566. The molecule has 0 bridgehead atoms. The molecule has 0 aliphatic heterocycles. The number of amides is 1. The van der Waals surface area contributed by atoms with Crippen LogP contribution in [0, 0.1) is 0 Å². The standard InChI is InChI=1S/C16H19N5O2/c17-16(23)14-10-20(11-18-14)9-13(22)5-3-7-21-15-6-2-1-4-12(15)8-19-21/h1-2,4,6,8,10-11,13,22H,3,5,7,9H2,(H2,17,23)/t13-/m0/s1. The summed E-state index contributed by atoms with van der Waals surface area (Å²) in [5.74, 6) is -0.566. The first-order chi connectivity index (χ1) is 11.1. The Balaban J connectivity index is 1.50. The number of aliphatic hydroxyl groups is 1. The largest absolute Gasteiger partial charge is 0.391 e. The maximum absolute atomic E-state index is 11.0. The van der Waals surface area contributed by atoms with Crippen LogP contribution in [0.5, 0.6) is 0 Å². The van der Waals surface area contributed by atoms with E-state index >= 15 is 0 Å². The Morgan fingerprint density at radius 3 is 2.96 bits per heavy atom. The number of rotatable bonds is 7. The molecule has 0 fully saturated rings. The molecule has 0 radical (unpaired) electrons. The van der Waals surface area contributed by atoms with Gasteiger partial charge < -0.3 is 15.4 Å². The Kier molecular flexibility index (Phi) is 4.38. The molecule has 0 aliphatic rings. The molecule has 0 aliphatic carbocycles. The first-order valence-corrected chi connectivity index (χ1v) is 7.53. The van der Waals surface area contributed by atoms with Gasteiger partial charge in [0.1, 0.15) is 5.69 Å². The molecule has 3 rings (SSSR count). The van der Waals surface area contributed by atoms with Crippen LogP contribution in [0.4, 0.5) is 0 Å². The molecule has 7 nitrogen and oxygen atoms in total. The number of carbonyl (C=O) groups is 1. The molecule has 3 aromatic rings. The third-order valence-electron chi connectivity index (χ3n) is 3.77. The smallest absolute Gasteiger partial charge is 0.268 e. The number of benzene rings is 1. The quantitative estimate of drug-likeness (QED) is 0.684. The summed E-state index contributed by atoms with van der Waals surface area (Å²) in [6, 6.07) is 8.05. The fourth-order valence-electron chi connectivity index (χ4n) is 2.60. The number of imidazole rings is 1. The molecule has 7 heteroatoms. The number of nitrogens with zero attached hydrogens (tertiary/aromatic N) is 4. The van der Waals surface area contributed by atoms with Gasteiger partial charge in [0.2, 0.25) is 0 Å². The molecule has 23 heavy (non-hydrogen) atoms. The van der Waals surface area contributed by atoms with E-state index in [2.05, 4.69) is 10.1 Å². The number of para-hydroxylation sites is 1. The van der Waals surface area contributed by atoms with Crippen molar-refractivity contribution in [3.8, 4) is 0 Å². The molecule has 2 aromatic heterocycles. The topological polar surface area (TPSA) is 99.0 Å². The van der Waals surface area contributed by atoms with Gasteiger partial charge in [-0.15, -0.1) is 0 Å². The van der Waals surface area contributed by atoms with Crippen molar-refractivity contribution in [1.29, 1.82) is 0 Å². The van der Waals surface area contributed by atoms with E-state index in [4.69, 9.17) is 5.73 Å². The molecule has 3 N–H and O–H groups in total. The number of aromatic nitrogens is 4. The van der Waals surface area contributed by atoms with Crippen molar-refractivity contribution in [2.24, 2.45) is 5.73 Å². The Bertz CT molecular complexity index is 808. The van der Waals surface area contributed by atoms with Crippen LogP contribution in [0.1, 0.15) is 23.3 Å². The molecule has 2 heterocycles. The van der Waals surface area contributed by atoms with Crippen LogP contribution in [0.25, 0.3) is 10.9 Å².